The highest BCUT2D eigenvalue weighted by atomic mass is 32.2. The third-order valence-electron chi connectivity index (χ3n) is 5.83. The molecule has 0 saturated carbocycles. The van der Waals surface area contributed by atoms with Gasteiger partial charge in [0.1, 0.15) is 22.2 Å². The van der Waals surface area contributed by atoms with Crippen molar-refractivity contribution < 1.29 is 22.0 Å². The summed E-state index contributed by atoms with van der Waals surface area (Å²) in [5.74, 6) is 0.493. The first-order valence-electron chi connectivity index (χ1n) is 11.6. The molecule has 4 rings (SSSR count). The number of aromatic nitrogens is 1. The van der Waals surface area contributed by atoms with E-state index in [1.807, 2.05) is 0 Å². The minimum atomic E-state index is -4.05. The van der Waals surface area contributed by atoms with Crippen LogP contribution in [0, 0.1) is 12.7 Å². The average Bonchev–Trinajstić information content (AvgIpc) is 3.27. The summed E-state index contributed by atoms with van der Waals surface area (Å²) >= 11 is 0. The van der Waals surface area contributed by atoms with Crippen molar-refractivity contribution in [1.29, 1.82) is 0 Å². The van der Waals surface area contributed by atoms with Crippen molar-refractivity contribution in [3.8, 4) is 0 Å². The van der Waals surface area contributed by atoms with Crippen LogP contribution in [-0.2, 0) is 27.9 Å². The Bertz CT molecular complexity index is 1460. The van der Waals surface area contributed by atoms with Crippen molar-refractivity contribution in [3.05, 3.63) is 95.8 Å². The zero-order valence-corrected chi connectivity index (χ0v) is 21.2. The number of para-hydroxylation sites is 1. The van der Waals surface area contributed by atoms with Gasteiger partial charge in [0.15, 0.2) is 0 Å². The number of amides is 1. The highest BCUT2D eigenvalue weighted by Crippen LogP contribution is 2.26. The third-order valence-corrected chi connectivity index (χ3v) is 7.88. The normalized spacial score (nSPS) is 11.9. The van der Waals surface area contributed by atoms with Crippen LogP contribution in [0.3, 0.4) is 0 Å². The third kappa shape index (κ3) is 5.63. The number of sulfonamides is 1. The summed E-state index contributed by atoms with van der Waals surface area (Å²) in [6, 6.07) is 17.4. The lowest BCUT2D eigenvalue weighted by Crippen LogP contribution is -2.45. The van der Waals surface area contributed by atoms with Gasteiger partial charge in [-0.15, -0.1) is 0 Å². The first-order valence-corrected chi connectivity index (χ1v) is 13.0. The topological polar surface area (TPSA) is 83.7 Å². The predicted molar refractivity (Wildman–Crippen MR) is 135 cm³/mol. The molecule has 2 aromatic carbocycles. The maximum atomic E-state index is 13.8. The van der Waals surface area contributed by atoms with Crippen molar-refractivity contribution in [1.82, 2.24) is 14.2 Å². The van der Waals surface area contributed by atoms with Crippen molar-refractivity contribution >= 4 is 26.8 Å². The molecule has 0 saturated heterocycles. The molecule has 7 nitrogen and oxygen atoms in total. The van der Waals surface area contributed by atoms with Gasteiger partial charge < -0.3 is 9.32 Å². The van der Waals surface area contributed by atoms with Crippen LogP contribution in [0.1, 0.15) is 30.9 Å². The smallest absolute Gasteiger partial charge is 0.245 e. The highest BCUT2D eigenvalue weighted by molar-refractivity contribution is 7.89. The molecule has 4 aromatic rings. The zero-order chi connectivity index (χ0) is 25.9. The number of carbonyl (C=O) groups is 1. The van der Waals surface area contributed by atoms with Crippen LogP contribution >= 0.6 is 0 Å². The summed E-state index contributed by atoms with van der Waals surface area (Å²) in [6.07, 6.45) is 1.54. The molecule has 9 heteroatoms. The minimum absolute atomic E-state index is 0.0499. The number of benzene rings is 2. The minimum Gasteiger partial charge on any atom is -0.464 e. The van der Waals surface area contributed by atoms with Gasteiger partial charge in [0.05, 0.1) is 18.6 Å². The van der Waals surface area contributed by atoms with Crippen LogP contribution in [0.5, 0.6) is 0 Å². The fourth-order valence-electron chi connectivity index (χ4n) is 3.99. The maximum Gasteiger partial charge on any atom is 0.245 e. The molecule has 2 aromatic heterocycles. The maximum absolute atomic E-state index is 13.8. The van der Waals surface area contributed by atoms with E-state index in [4.69, 9.17) is 4.42 Å². The first-order chi connectivity index (χ1) is 17.1. The molecule has 0 bridgehead atoms. The average molecular weight is 510 g/mol. The van der Waals surface area contributed by atoms with Gasteiger partial charge in [-0.05, 0) is 62.7 Å². The number of nitrogens with zero attached hydrogens (tertiary/aromatic N) is 3. The summed E-state index contributed by atoms with van der Waals surface area (Å²) < 4.78 is 47.8. The molecule has 36 heavy (non-hydrogen) atoms. The Balaban J connectivity index is 1.65. The van der Waals surface area contributed by atoms with E-state index in [1.54, 1.807) is 75.5 Å². The van der Waals surface area contributed by atoms with Gasteiger partial charge >= 0.3 is 0 Å². The van der Waals surface area contributed by atoms with Crippen molar-refractivity contribution in [2.45, 2.75) is 44.8 Å². The number of rotatable bonds is 9. The second-order valence-corrected chi connectivity index (χ2v) is 10.7. The Morgan fingerprint density at radius 3 is 2.39 bits per heavy atom. The molecule has 0 spiro atoms. The lowest BCUT2D eigenvalue weighted by atomic mass is 10.2. The molecule has 0 fully saturated rings. The number of furan rings is 1. The van der Waals surface area contributed by atoms with Gasteiger partial charge in [-0.2, -0.15) is 4.31 Å². The van der Waals surface area contributed by atoms with E-state index in [9.17, 15) is 17.6 Å². The lowest BCUT2D eigenvalue weighted by Gasteiger charge is -2.29. The summed E-state index contributed by atoms with van der Waals surface area (Å²) in [7, 11) is -4.05. The number of halogens is 1. The first kappa shape index (κ1) is 25.5. The number of aryl methyl sites for hydroxylation is 1. The van der Waals surface area contributed by atoms with Crippen molar-refractivity contribution in [2.24, 2.45) is 0 Å². The second kappa shape index (κ2) is 10.6. The molecule has 0 aliphatic carbocycles. The SMILES string of the molecule is Cc1ccc(CN(Cc2ccc(F)cc2)C(=O)CN(C(C)C)S(=O)(=O)c2cccc3cccnc23)o1. The van der Waals surface area contributed by atoms with Crippen LogP contribution in [0.4, 0.5) is 4.39 Å². The summed E-state index contributed by atoms with van der Waals surface area (Å²) in [5, 5.41) is 0.694. The molecule has 0 radical (unpaired) electrons. The van der Waals surface area contributed by atoms with Crippen LogP contribution in [0.15, 0.2) is 82.2 Å². The van der Waals surface area contributed by atoms with Crippen LogP contribution in [0.25, 0.3) is 10.9 Å². The second-order valence-electron chi connectivity index (χ2n) is 8.86. The molecule has 0 unspecified atom stereocenters. The van der Waals surface area contributed by atoms with E-state index in [2.05, 4.69) is 4.98 Å². The Morgan fingerprint density at radius 1 is 1.00 bits per heavy atom. The molecule has 0 atom stereocenters. The van der Waals surface area contributed by atoms with E-state index in [1.165, 1.54) is 27.4 Å². The molecule has 0 aliphatic heterocycles. The van der Waals surface area contributed by atoms with Crippen LogP contribution in [-0.4, -0.2) is 41.1 Å². The van der Waals surface area contributed by atoms with Crippen LogP contribution in [0.2, 0.25) is 0 Å². The van der Waals surface area contributed by atoms with Gasteiger partial charge in [-0.3, -0.25) is 9.78 Å². The highest BCUT2D eigenvalue weighted by Gasteiger charge is 2.32. The fourth-order valence-corrected chi connectivity index (χ4v) is 5.74. The van der Waals surface area contributed by atoms with Gasteiger partial charge in [0, 0.05) is 24.2 Å². The predicted octanol–water partition coefficient (Wildman–Crippen LogP) is 4.90. The molecular formula is C27H28FN3O4S. The quantitative estimate of drug-likeness (QED) is 0.320. The monoisotopic (exact) mass is 509 g/mol. The standard InChI is InChI=1S/C27H28FN3O4S/c1-19(2)31(36(33,34)25-8-4-6-22-7-5-15-29-27(22)25)18-26(32)30(17-24-14-9-20(3)35-24)16-21-10-12-23(28)13-11-21/h4-15,19H,16-18H2,1-3H3. The van der Waals surface area contributed by atoms with Gasteiger partial charge in [0.25, 0.3) is 0 Å². The van der Waals surface area contributed by atoms with Crippen LogP contribution < -0.4 is 0 Å². The largest absolute Gasteiger partial charge is 0.464 e. The Morgan fingerprint density at radius 2 is 1.72 bits per heavy atom. The van der Waals surface area contributed by atoms with Gasteiger partial charge in [-0.1, -0.05) is 30.3 Å². The number of hydrogen-bond donors (Lipinski definition) is 0. The van der Waals surface area contributed by atoms with E-state index in [0.29, 0.717) is 28.0 Å². The van der Waals surface area contributed by atoms with E-state index >= 15 is 0 Å². The Hall–Kier alpha value is -3.56. The number of pyridine rings is 1. The summed E-state index contributed by atoms with van der Waals surface area (Å²) in [5.41, 5.74) is 1.07. The molecule has 2 heterocycles. The van der Waals surface area contributed by atoms with E-state index in [-0.39, 0.29) is 30.3 Å². The van der Waals surface area contributed by atoms with E-state index in [0.717, 1.165) is 0 Å². The van der Waals surface area contributed by atoms with Crippen molar-refractivity contribution in [3.63, 3.8) is 0 Å². The molecule has 0 N–H and O–H groups in total. The van der Waals surface area contributed by atoms with Gasteiger partial charge in [0.2, 0.25) is 15.9 Å². The summed E-state index contributed by atoms with van der Waals surface area (Å²) in [6.45, 7) is 5.20. The number of carbonyl (C=O) groups excluding carboxylic acids is 1. The molecule has 1 amide bonds. The number of fused-ring (bicyclic) bond motifs is 1. The summed E-state index contributed by atoms with van der Waals surface area (Å²) in [4.78, 5) is 19.4. The Labute approximate surface area is 210 Å². The molecule has 188 valence electrons. The molecule has 0 aliphatic rings. The molecular weight excluding hydrogens is 481 g/mol. The fraction of sp³-hybridized carbons (Fsp3) is 0.259. The lowest BCUT2D eigenvalue weighted by molar-refractivity contribution is -0.133. The Kier molecular flexibility index (Phi) is 7.51. The van der Waals surface area contributed by atoms with E-state index < -0.39 is 22.0 Å². The van der Waals surface area contributed by atoms with Gasteiger partial charge in [-0.25, -0.2) is 12.8 Å². The number of hydrogen-bond acceptors (Lipinski definition) is 5. The zero-order valence-electron chi connectivity index (χ0n) is 20.4. The van der Waals surface area contributed by atoms with Crippen molar-refractivity contribution in [2.75, 3.05) is 6.54 Å².